The number of aryl methyl sites for hydroxylation is 1. The molecule has 1 amide bonds. The maximum absolute atomic E-state index is 11.2. The molecule has 1 heterocycles. The lowest BCUT2D eigenvalue weighted by molar-refractivity contribution is -0.114. The molecule has 2 aromatic carbocycles. The topological polar surface area (TPSA) is 61.8 Å². The Balaban J connectivity index is 0.00000341. The maximum atomic E-state index is 11.2. The molecule has 0 aliphatic carbocycles. The third-order valence-corrected chi connectivity index (χ3v) is 6.09. The average molecular weight is 447 g/mol. The van der Waals surface area contributed by atoms with E-state index in [-0.39, 0.29) is 23.7 Å². The van der Waals surface area contributed by atoms with Crippen molar-refractivity contribution in [2.24, 2.45) is 5.41 Å². The molecule has 0 aromatic heterocycles. The number of carbonyl (C=O) groups excluding carboxylic acids is 1. The number of rotatable bonds is 9. The second kappa shape index (κ2) is 12.1. The van der Waals surface area contributed by atoms with Gasteiger partial charge in [0.1, 0.15) is 5.75 Å². The number of ether oxygens (including phenoxy) is 1. The number of carbonyl (C=O) groups is 1. The third-order valence-electron chi connectivity index (χ3n) is 6.09. The molecule has 170 valence electrons. The Kier molecular flexibility index (Phi) is 9.82. The zero-order valence-corrected chi connectivity index (χ0v) is 19.4. The first-order chi connectivity index (χ1) is 14.5. The lowest BCUT2D eigenvalue weighted by Crippen LogP contribution is -2.42. The Bertz CT molecular complexity index is 801. The van der Waals surface area contributed by atoms with Gasteiger partial charge in [-0.15, -0.1) is 12.4 Å². The summed E-state index contributed by atoms with van der Waals surface area (Å²) in [5.41, 5.74) is 3.60. The van der Waals surface area contributed by atoms with Crippen LogP contribution < -0.4 is 5.32 Å². The van der Waals surface area contributed by atoms with Crippen LogP contribution in [0.15, 0.2) is 48.5 Å². The number of hydrogen-bond acceptors (Lipinski definition) is 4. The van der Waals surface area contributed by atoms with Crippen molar-refractivity contribution in [2.45, 2.75) is 46.1 Å². The van der Waals surface area contributed by atoms with Gasteiger partial charge in [0.25, 0.3) is 0 Å². The Morgan fingerprint density at radius 1 is 1.06 bits per heavy atom. The Labute approximate surface area is 192 Å². The van der Waals surface area contributed by atoms with Crippen LogP contribution in [0.3, 0.4) is 0 Å². The number of phenolic OH excluding ortho intramolecular Hbond substituents is 1. The summed E-state index contributed by atoms with van der Waals surface area (Å²) in [6.07, 6.45) is 4.39. The largest absolute Gasteiger partial charge is 0.508 e. The number of nitrogens with zero attached hydrogens (tertiary/aromatic N) is 1. The standard InChI is InChI=1S/C25H34N2O3.ClH/c1-3-30-19-25(13-12-21-6-10-24(29)11-7-21)14-16-27(17-15-25)18-22-4-8-23(9-5-22)26-20(2)28;/h4-11,29H,3,12-19H2,1-2H3,(H,26,28);1H. The molecule has 5 nitrogen and oxygen atoms in total. The van der Waals surface area contributed by atoms with Gasteiger partial charge in [0, 0.05) is 25.8 Å². The summed E-state index contributed by atoms with van der Waals surface area (Å²) in [7, 11) is 0. The van der Waals surface area contributed by atoms with E-state index in [1.807, 2.05) is 24.3 Å². The van der Waals surface area contributed by atoms with E-state index in [0.29, 0.717) is 5.75 Å². The van der Waals surface area contributed by atoms with Crippen LogP contribution in [-0.4, -0.2) is 42.2 Å². The summed E-state index contributed by atoms with van der Waals surface area (Å²) >= 11 is 0. The van der Waals surface area contributed by atoms with Crippen LogP contribution in [-0.2, 0) is 22.5 Å². The molecule has 0 atom stereocenters. The van der Waals surface area contributed by atoms with Gasteiger partial charge < -0.3 is 15.2 Å². The summed E-state index contributed by atoms with van der Waals surface area (Å²) in [6.45, 7) is 8.23. The highest BCUT2D eigenvalue weighted by molar-refractivity contribution is 5.88. The number of aromatic hydroxyl groups is 1. The zero-order valence-electron chi connectivity index (χ0n) is 18.6. The number of anilines is 1. The predicted octanol–water partition coefficient (Wildman–Crippen LogP) is 5.02. The van der Waals surface area contributed by atoms with Gasteiger partial charge in [-0.25, -0.2) is 0 Å². The normalized spacial score (nSPS) is 15.8. The van der Waals surface area contributed by atoms with E-state index in [4.69, 9.17) is 4.74 Å². The fourth-order valence-electron chi connectivity index (χ4n) is 4.20. The number of halogens is 1. The monoisotopic (exact) mass is 446 g/mol. The molecule has 2 aromatic rings. The van der Waals surface area contributed by atoms with Crippen LogP contribution in [0.2, 0.25) is 0 Å². The van der Waals surface area contributed by atoms with Crippen LogP contribution in [0.4, 0.5) is 5.69 Å². The summed E-state index contributed by atoms with van der Waals surface area (Å²) < 4.78 is 5.89. The van der Waals surface area contributed by atoms with Crippen molar-refractivity contribution in [3.8, 4) is 5.75 Å². The minimum Gasteiger partial charge on any atom is -0.508 e. The number of amides is 1. The molecular formula is C25H35ClN2O3. The van der Waals surface area contributed by atoms with E-state index >= 15 is 0 Å². The first kappa shape index (κ1) is 25.2. The van der Waals surface area contributed by atoms with Crippen molar-refractivity contribution < 1.29 is 14.6 Å². The van der Waals surface area contributed by atoms with Crippen molar-refractivity contribution in [3.05, 3.63) is 59.7 Å². The fraction of sp³-hybridized carbons (Fsp3) is 0.480. The summed E-state index contributed by atoms with van der Waals surface area (Å²) in [6, 6.07) is 15.7. The molecule has 0 unspecified atom stereocenters. The van der Waals surface area contributed by atoms with Crippen molar-refractivity contribution in [3.63, 3.8) is 0 Å². The van der Waals surface area contributed by atoms with Crippen molar-refractivity contribution in [1.29, 1.82) is 0 Å². The van der Waals surface area contributed by atoms with E-state index in [0.717, 1.165) is 64.2 Å². The number of benzene rings is 2. The average Bonchev–Trinajstić information content (AvgIpc) is 2.74. The SMILES string of the molecule is CCOCC1(CCc2ccc(O)cc2)CCN(Cc2ccc(NC(C)=O)cc2)CC1.Cl. The smallest absolute Gasteiger partial charge is 0.221 e. The molecule has 1 fully saturated rings. The summed E-state index contributed by atoms with van der Waals surface area (Å²) in [5.74, 6) is 0.276. The van der Waals surface area contributed by atoms with Crippen LogP contribution in [0.25, 0.3) is 0 Å². The molecule has 31 heavy (non-hydrogen) atoms. The predicted molar refractivity (Wildman–Crippen MR) is 128 cm³/mol. The fourth-order valence-corrected chi connectivity index (χ4v) is 4.20. The van der Waals surface area contributed by atoms with Crippen LogP contribution >= 0.6 is 12.4 Å². The zero-order chi connectivity index (χ0) is 21.4. The summed E-state index contributed by atoms with van der Waals surface area (Å²) in [5, 5.41) is 12.3. The van der Waals surface area contributed by atoms with Crippen LogP contribution in [0.1, 0.15) is 44.2 Å². The lowest BCUT2D eigenvalue weighted by Gasteiger charge is -2.42. The van der Waals surface area contributed by atoms with Gasteiger partial charge >= 0.3 is 0 Å². The molecular weight excluding hydrogens is 412 g/mol. The summed E-state index contributed by atoms with van der Waals surface area (Å²) in [4.78, 5) is 13.7. The number of phenols is 1. The number of piperidine rings is 1. The second-order valence-corrected chi connectivity index (χ2v) is 8.46. The van der Waals surface area contributed by atoms with Gasteiger partial charge in [0.05, 0.1) is 6.61 Å². The van der Waals surface area contributed by atoms with Gasteiger partial charge in [0.2, 0.25) is 5.91 Å². The second-order valence-electron chi connectivity index (χ2n) is 8.46. The van der Waals surface area contributed by atoms with Gasteiger partial charge in [-0.05, 0) is 86.5 Å². The number of likely N-dealkylation sites (tertiary alicyclic amines) is 1. The Hall–Kier alpha value is -2.08. The van der Waals surface area contributed by atoms with Crippen LogP contribution in [0.5, 0.6) is 5.75 Å². The number of hydrogen-bond donors (Lipinski definition) is 2. The number of nitrogens with one attached hydrogen (secondary N) is 1. The molecule has 0 saturated carbocycles. The molecule has 0 spiro atoms. The first-order valence-electron chi connectivity index (χ1n) is 10.9. The molecule has 0 bridgehead atoms. The van der Waals surface area contributed by atoms with E-state index in [1.54, 1.807) is 12.1 Å². The molecule has 0 radical (unpaired) electrons. The minimum atomic E-state index is -0.0447. The molecule has 3 rings (SSSR count). The highest BCUT2D eigenvalue weighted by Crippen LogP contribution is 2.37. The van der Waals surface area contributed by atoms with Gasteiger partial charge in [-0.3, -0.25) is 9.69 Å². The van der Waals surface area contributed by atoms with Gasteiger partial charge in [-0.2, -0.15) is 0 Å². The van der Waals surface area contributed by atoms with Gasteiger partial charge in [0.15, 0.2) is 0 Å². The van der Waals surface area contributed by atoms with E-state index < -0.39 is 0 Å². The minimum absolute atomic E-state index is 0. The molecule has 1 aliphatic heterocycles. The molecule has 1 saturated heterocycles. The molecule has 6 heteroatoms. The maximum Gasteiger partial charge on any atom is 0.221 e. The van der Waals surface area contributed by atoms with Crippen molar-refractivity contribution >= 4 is 24.0 Å². The quantitative estimate of drug-likeness (QED) is 0.567. The van der Waals surface area contributed by atoms with Crippen molar-refractivity contribution in [2.75, 3.05) is 31.6 Å². The van der Waals surface area contributed by atoms with Crippen LogP contribution in [0, 0.1) is 5.41 Å². The van der Waals surface area contributed by atoms with Gasteiger partial charge in [-0.1, -0.05) is 24.3 Å². The molecule has 1 aliphatic rings. The Morgan fingerprint density at radius 2 is 1.68 bits per heavy atom. The third kappa shape index (κ3) is 7.84. The van der Waals surface area contributed by atoms with E-state index in [1.165, 1.54) is 18.1 Å². The highest BCUT2D eigenvalue weighted by atomic mass is 35.5. The van der Waals surface area contributed by atoms with Crippen molar-refractivity contribution in [1.82, 2.24) is 4.90 Å². The first-order valence-corrected chi connectivity index (χ1v) is 10.9. The van der Waals surface area contributed by atoms with E-state index in [2.05, 4.69) is 29.3 Å². The Morgan fingerprint density at radius 3 is 2.26 bits per heavy atom. The van der Waals surface area contributed by atoms with E-state index in [9.17, 15) is 9.90 Å². The molecule has 2 N–H and O–H groups in total. The lowest BCUT2D eigenvalue weighted by atomic mass is 9.74. The highest BCUT2D eigenvalue weighted by Gasteiger charge is 2.34.